The van der Waals surface area contributed by atoms with Crippen LogP contribution in [0.2, 0.25) is 0 Å². The fraction of sp³-hybridized carbons (Fsp3) is 0.318. The third-order valence-corrected chi connectivity index (χ3v) is 5.75. The molecule has 162 valence electrons. The van der Waals surface area contributed by atoms with Gasteiger partial charge >= 0.3 is 6.09 Å². The lowest BCUT2D eigenvalue weighted by molar-refractivity contribution is 0.0913. The van der Waals surface area contributed by atoms with Crippen molar-refractivity contribution in [3.8, 4) is 0 Å². The van der Waals surface area contributed by atoms with Crippen LogP contribution in [0.1, 0.15) is 40.6 Å². The van der Waals surface area contributed by atoms with Gasteiger partial charge in [-0.1, -0.05) is 15.9 Å². The summed E-state index contributed by atoms with van der Waals surface area (Å²) in [6.07, 6.45) is 1.33. The predicted molar refractivity (Wildman–Crippen MR) is 120 cm³/mol. The van der Waals surface area contributed by atoms with Crippen molar-refractivity contribution < 1.29 is 19.4 Å². The Kier molecular flexibility index (Phi) is 6.24. The number of imidazole rings is 1. The first-order chi connectivity index (χ1) is 15.0. The molecule has 0 radical (unpaired) electrons. The van der Waals surface area contributed by atoms with Crippen LogP contribution in [-0.2, 0) is 4.74 Å². The molecule has 0 bridgehead atoms. The summed E-state index contributed by atoms with van der Waals surface area (Å²) >= 11 is 3.41. The Balaban J connectivity index is 1.52. The molecule has 1 fully saturated rings. The normalized spacial score (nSPS) is 15.5. The van der Waals surface area contributed by atoms with Gasteiger partial charge in [0.1, 0.15) is 11.9 Å². The number of benzene rings is 2. The Morgan fingerprint density at radius 2 is 2.16 bits per heavy atom. The second-order valence-electron chi connectivity index (χ2n) is 7.47. The molecule has 31 heavy (non-hydrogen) atoms. The second kappa shape index (κ2) is 9.07. The van der Waals surface area contributed by atoms with Crippen LogP contribution < -0.4 is 10.2 Å². The van der Waals surface area contributed by atoms with E-state index in [1.807, 2.05) is 25.1 Å². The molecule has 3 N–H and O–H groups in total. The van der Waals surface area contributed by atoms with E-state index in [4.69, 9.17) is 4.74 Å². The Bertz CT molecular complexity index is 1130. The Morgan fingerprint density at radius 1 is 1.32 bits per heavy atom. The van der Waals surface area contributed by atoms with E-state index in [9.17, 15) is 14.7 Å². The van der Waals surface area contributed by atoms with Gasteiger partial charge in [0.2, 0.25) is 0 Å². The highest BCUT2D eigenvalue weighted by molar-refractivity contribution is 9.10. The molecule has 2 heterocycles. The summed E-state index contributed by atoms with van der Waals surface area (Å²) in [7, 11) is 0. The highest BCUT2D eigenvalue weighted by atomic mass is 79.9. The van der Waals surface area contributed by atoms with Gasteiger partial charge in [0.25, 0.3) is 5.91 Å². The van der Waals surface area contributed by atoms with Gasteiger partial charge in [-0.2, -0.15) is 0 Å². The number of aryl methyl sites for hydroxylation is 1. The number of nitrogens with one attached hydrogen (secondary N) is 2. The molecule has 1 aliphatic rings. The molecule has 1 aliphatic heterocycles. The third kappa shape index (κ3) is 4.57. The van der Waals surface area contributed by atoms with E-state index in [0.717, 1.165) is 39.6 Å². The molecular formula is C22H23BrN4O4. The van der Waals surface area contributed by atoms with Crippen molar-refractivity contribution in [3.63, 3.8) is 0 Å². The quantitative estimate of drug-likeness (QED) is 0.507. The summed E-state index contributed by atoms with van der Waals surface area (Å²) in [4.78, 5) is 34.3. The lowest BCUT2D eigenvalue weighted by Crippen LogP contribution is -2.32. The van der Waals surface area contributed by atoms with Crippen molar-refractivity contribution in [3.05, 3.63) is 57.8 Å². The molecule has 1 saturated heterocycles. The molecule has 1 aromatic heterocycles. The number of aliphatic hydroxyl groups is 1. The summed E-state index contributed by atoms with van der Waals surface area (Å²) in [6.45, 7) is 2.56. The smallest absolute Gasteiger partial charge is 0.414 e. The summed E-state index contributed by atoms with van der Waals surface area (Å²) in [6, 6.07) is 10.1. The monoisotopic (exact) mass is 486 g/mol. The molecule has 2 aromatic carbocycles. The minimum absolute atomic E-state index is 0.302. The molecule has 8 nitrogen and oxygen atoms in total. The number of nitrogens with zero attached hydrogens (tertiary/aromatic N) is 2. The minimum Gasteiger partial charge on any atom is -0.449 e. The maximum Gasteiger partial charge on any atom is 0.414 e. The van der Waals surface area contributed by atoms with Crippen LogP contribution >= 0.6 is 15.9 Å². The lowest BCUT2D eigenvalue weighted by atomic mass is 10.1. The number of aliphatic hydroxyl groups excluding tert-OH is 1. The van der Waals surface area contributed by atoms with Crippen molar-refractivity contribution in [2.45, 2.75) is 25.8 Å². The molecule has 0 unspecified atom stereocenters. The second-order valence-corrected chi connectivity index (χ2v) is 8.38. The number of amides is 2. The number of aromatic amines is 1. The molecular weight excluding hydrogens is 464 g/mol. The zero-order valence-electron chi connectivity index (χ0n) is 17.0. The first-order valence-corrected chi connectivity index (χ1v) is 10.9. The van der Waals surface area contributed by atoms with Gasteiger partial charge in [0.15, 0.2) is 0 Å². The fourth-order valence-electron chi connectivity index (χ4n) is 3.62. The van der Waals surface area contributed by atoms with Gasteiger partial charge in [-0.05, 0) is 61.7 Å². The molecule has 9 heteroatoms. The van der Waals surface area contributed by atoms with Gasteiger partial charge in [-0.15, -0.1) is 0 Å². The molecule has 0 saturated carbocycles. The van der Waals surface area contributed by atoms with E-state index in [1.54, 1.807) is 23.1 Å². The number of hydrogen-bond donors (Lipinski definition) is 3. The number of fused-ring (bicyclic) bond motifs is 1. The number of H-pyrrole nitrogens is 1. The van der Waals surface area contributed by atoms with E-state index in [1.165, 1.54) is 0 Å². The zero-order chi connectivity index (χ0) is 22.0. The number of hydrogen-bond acceptors (Lipinski definition) is 5. The van der Waals surface area contributed by atoms with Crippen LogP contribution in [0.3, 0.4) is 0 Å². The van der Waals surface area contributed by atoms with E-state index in [2.05, 4.69) is 31.2 Å². The topological polar surface area (TPSA) is 108 Å². The van der Waals surface area contributed by atoms with E-state index < -0.39 is 6.04 Å². The number of rotatable bonds is 5. The fourth-order valence-corrected chi connectivity index (χ4v) is 3.97. The number of aromatic nitrogens is 2. The van der Waals surface area contributed by atoms with Crippen molar-refractivity contribution in [1.29, 1.82) is 0 Å². The molecule has 1 atom stereocenters. The maximum atomic E-state index is 12.8. The zero-order valence-corrected chi connectivity index (χ0v) is 18.6. The van der Waals surface area contributed by atoms with Crippen molar-refractivity contribution >= 4 is 44.7 Å². The van der Waals surface area contributed by atoms with E-state index in [-0.39, 0.29) is 18.6 Å². The molecule has 0 aliphatic carbocycles. The van der Waals surface area contributed by atoms with Gasteiger partial charge in [0.05, 0.1) is 24.2 Å². The number of anilines is 1. The van der Waals surface area contributed by atoms with E-state index in [0.29, 0.717) is 24.5 Å². The van der Waals surface area contributed by atoms with Gasteiger partial charge in [0, 0.05) is 22.3 Å². The van der Waals surface area contributed by atoms with Crippen molar-refractivity contribution in [1.82, 2.24) is 15.3 Å². The Hall–Kier alpha value is -2.91. The third-order valence-electron chi connectivity index (χ3n) is 5.25. The van der Waals surface area contributed by atoms with Gasteiger partial charge in [-0.25, -0.2) is 9.78 Å². The van der Waals surface area contributed by atoms with Crippen LogP contribution in [0.5, 0.6) is 0 Å². The summed E-state index contributed by atoms with van der Waals surface area (Å²) in [5.41, 5.74) is 3.50. The number of cyclic esters (lactones) is 1. The first-order valence-electron chi connectivity index (χ1n) is 10.1. The van der Waals surface area contributed by atoms with Crippen LogP contribution in [0.15, 0.2) is 40.9 Å². The van der Waals surface area contributed by atoms with Crippen molar-refractivity contribution in [2.75, 3.05) is 24.7 Å². The standard InChI is InChI=1S/C22H23BrN4O4/c1-13-10-14(4-7-19(13)27-8-2-3-9-31-22(27)30)21(29)26-18(12-28)20-24-16-6-5-15(23)11-17(16)25-20/h4-7,10-11,18,28H,2-3,8-9,12H2,1H3,(H,24,25)(H,26,29)/t18-/m0/s1. The molecule has 0 spiro atoms. The van der Waals surface area contributed by atoms with Crippen LogP contribution in [0, 0.1) is 6.92 Å². The number of ether oxygens (including phenoxy) is 1. The molecule has 2 amide bonds. The summed E-state index contributed by atoms with van der Waals surface area (Å²) in [5, 5.41) is 12.7. The minimum atomic E-state index is -0.681. The Labute approximate surface area is 187 Å². The van der Waals surface area contributed by atoms with Crippen molar-refractivity contribution in [2.24, 2.45) is 0 Å². The SMILES string of the molecule is Cc1cc(C(=O)N[C@@H](CO)c2nc3cc(Br)ccc3[nH]2)ccc1N1CCCCOC1=O. The highest BCUT2D eigenvalue weighted by Gasteiger charge is 2.23. The summed E-state index contributed by atoms with van der Waals surface area (Å²) < 4.78 is 6.11. The van der Waals surface area contributed by atoms with Crippen LogP contribution in [0.4, 0.5) is 10.5 Å². The highest BCUT2D eigenvalue weighted by Crippen LogP contribution is 2.25. The Morgan fingerprint density at radius 3 is 2.94 bits per heavy atom. The average Bonchev–Trinajstić information content (AvgIpc) is 3.05. The van der Waals surface area contributed by atoms with Gasteiger partial charge < -0.3 is 20.1 Å². The number of halogens is 1. The van der Waals surface area contributed by atoms with Gasteiger partial charge in [-0.3, -0.25) is 9.69 Å². The number of carbonyl (C=O) groups is 2. The number of carbonyl (C=O) groups excluding carboxylic acids is 2. The lowest BCUT2D eigenvalue weighted by Gasteiger charge is -2.22. The maximum absolute atomic E-state index is 12.8. The largest absolute Gasteiger partial charge is 0.449 e. The molecule has 3 aromatic rings. The van der Waals surface area contributed by atoms with E-state index >= 15 is 0 Å². The average molecular weight is 487 g/mol. The molecule has 4 rings (SSSR count). The van der Waals surface area contributed by atoms with Crippen LogP contribution in [0.25, 0.3) is 11.0 Å². The summed E-state index contributed by atoms with van der Waals surface area (Å²) in [5.74, 6) is 0.137. The first kappa shape index (κ1) is 21.3. The predicted octanol–water partition coefficient (Wildman–Crippen LogP) is 3.83. The van der Waals surface area contributed by atoms with Crippen LogP contribution in [-0.4, -0.2) is 46.8 Å².